The van der Waals surface area contributed by atoms with E-state index in [-0.39, 0.29) is 0 Å². The van der Waals surface area contributed by atoms with Crippen LogP contribution in [0.2, 0.25) is 0 Å². The summed E-state index contributed by atoms with van der Waals surface area (Å²) in [7, 11) is 0. The highest BCUT2D eigenvalue weighted by Gasteiger charge is 2.12. The maximum Gasteiger partial charge on any atom is 0.103 e. The molecule has 8 heteroatoms. The number of fused-ring (bicyclic) bond motifs is 1. The van der Waals surface area contributed by atoms with Crippen molar-refractivity contribution in [2.75, 3.05) is 44.7 Å². The van der Waals surface area contributed by atoms with Gasteiger partial charge >= 0.3 is 0 Å². The first-order chi connectivity index (χ1) is 20.7. The van der Waals surface area contributed by atoms with Crippen molar-refractivity contribution >= 4 is 22.3 Å². The molecule has 0 unspecified atom stereocenters. The number of rotatable bonds is 11. The number of anilines is 2. The molecule has 0 saturated carbocycles. The minimum atomic E-state index is 0.498. The number of morpholine rings is 1. The summed E-state index contributed by atoms with van der Waals surface area (Å²) < 4.78 is 10.6. The average molecular weight is 559 g/mol. The van der Waals surface area contributed by atoms with E-state index in [2.05, 4.69) is 50.9 Å². The quantitative estimate of drug-likeness (QED) is 0.193. The maximum atomic E-state index is 9.79. The lowest BCUT2D eigenvalue weighted by Crippen LogP contribution is -2.37. The summed E-state index contributed by atoms with van der Waals surface area (Å²) in [6.07, 6.45) is 8.94. The third-order valence-electron chi connectivity index (χ3n) is 7.58. The number of aromatic nitrogens is 2. The van der Waals surface area contributed by atoms with Gasteiger partial charge in [-0.2, -0.15) is 5.26 Å². The topological polar surface area (TPSA) is 99.2 Å². The van der Waals surface area contributed by atoms with Crippen LogP contribution in [0, 0.1) is 11.3 Å². The van der Waals surface area contributed by atoms with Crippen molar-refractivity contribution < 1.29 is 9.15 Å². The maximum absolute atomic E-state index is 9.79. The van der Waals surface area contributed by atoms with Gasteiger partial charge in [0.1, 0.15) is 6.07 Å². The largest absolute Gasteiger partial charge is 0.472 e. The van der Waals surface area contributed by atoms with Gasteiger partial charge in [0.2, 0.25) is 0 Å². The van der Waals surface area contributed by atoms with Gasteiger partial charge in [-0.3, -0.25) is 14.9 Å². The number of furan rings is 1. The molecule has 8 nitrogen and oxygen atoms in total. The molecule has 0 atom stereocenters. The lowest BCUT2D eigenvalue weighted by molar-refractivity contribution is 0.0374. The first kappa shape index (κ1) is 27.6. The standard InChI is InChI=1S/C34H34N6O2/c35-20-29-23-38-33-19-28(32-9-4-27(22-37-32)21-36-11-1-12-40-13-16-41-17-14-40)5-8-31(33)34(29)39-30-6-2-25(3-7-30)18-26-10-15-42-24-26/h2-10,15,19,22-24,36H,1,11-14,16-18,21H2,(H,38,39). The van der Waals surface area contributed by atoms with Crippen LogP contribution >= 0.6 is 0 Å². The van der Waals surface area contributed by atoms with E-state index in [0.29, 0.717) is 5.56 Å². The second kappa shape index (κ2) is 13.4. The SMILES string of the molecule is N#Cc1cnc2cc(-c3ccc(CNCCCN4CCOCC4)cn3)ccc2c1Nc1ccc(Cc2ccoc2)cc1. The summed E-state index contributed by atoms with van der Waals surface area (Å²) >= 11 is 0. The molecule has 0 amide bonds. The molecule has 6 rings (SSSR count). The highest BCUT2D eigenvalue weighted by molar-refractivity contribution is 5.97. The molecule has 0 spiro atoms. The molecule has 2 aromatic carbocycles. The number of pyridine rings is 2. The number of benzene rings is 2. The second-order valence-electron chi connectivity index (χ2n) is 10.6. The number of nitriles is 1. The molecule has 0 aliphatic carbocycles. The number of hydrogen-bond donors (Lipinski definition) is 2. The normalized spacial score (nSPS) is 13.7. The van der Waals surface area contributed by atoms with Crippen LogP contribution in [0.4, 0.5) is 11.4 Å². The molecule has 1 aliphatic rings. The van der Waals surface area contributed by atoms with E-state index < -0.39 is 0 Å². The van der Waals surface area contributed by atoms with Gasteiger partial charge in [-0.25, -0.2) is 0 Å². The van der Waals surface area contributed by atoms with Gasteiger partial charge in [0.05, 0.1) is 48.2 Å². The molecule has 5 aromatic rings. The molecule has 1 fully saturated rings. The van der Waals surface area contributed by atoms with Crippen molar-refractivity contribution in [2.45, 2.75) is 19.4 Å². The zero-order valence-electron chi connectivity index (χ0n) is 23.6. The first-order valence-electron chi connectivity index (χ1n) is 14.4. The summed E-state index contributed by atoms with van der Waals surface area (Å²) in [4.78, 5) is 11.8. The molecule has 0 radical (unpaired) electrons. The highest BCUT2D eigenvalue weighted by Crippen LogP contribution is 2.31. The van der Waals surface area contributed by atoms with Crippen LogP contribution in [0.1, 0.15) is 28.7 Å². The van der Waals surface area contributed by atoms with Crippen molar-refractivity contribution in [1.29, 1.82) is 5.26 Å². The third kappa shape index (κ3) is 6.84. The summed E-state index contributed by atoms with van der Waals surface area (Å²) in [5.41, 5.74) is 8.31. The van der Waals surface area contributed by atoms with Crippen LogP contribution in [0.5, 0.6) is 0 Å². The Morgan fingerprint density at radius 1 is 0.905 bits per heavy atom. The summed E-state index contributed by atoms with van der Waals surface area (Å²) in [6, 6.07) is 22.7. The molecule has 3 aromatic heterocycles. The fraction of sp³-hybridized carbons (Fsp3) is 0.265. The fourth-order valence-electron chi connectivity index (χ4n) is 5.24. The van der Waals surface area contributed by atoms with Crippen LogP contribution in [0.15, 0.2) is 90.0 Å². The number of nitrogens with one attached hydrogen (secondary N) is 2. The fourth-order valence-corrected chi connectivity index (χ4v) is 5.24. The Bertz CT molecular complexity index is 1640. The zero-order chi connectivity index (χ0) is 28.6. The van der Waals surface area contributed by atoms with E-state index in [0.717, 1.165) is 103 Å². The van der Waals surface area contributed by atoms with Crippen LogP contribution in [-0.4, -0.2) is 54.3 Å². The molecule has 2 N–H and O–H groups in total. The molecule has 1 aliphatic heterocycles. The lowest BCUT2D eigenvalue weighted by Gasteiger charge is -2.26. The van der Waals surface area contributed by atoms with E-state index in [4.69, 9.17) is 14.1 Å². The van der Waals surface area contributed by atoms with Crippen molar-refractivity contribution in [3.8, 4) is 17.3 Å². The Kier molecular flexibility index (Phi) is 8.81. The molecule has 42 heavy (non-hydrogen) atoms. The molecular weight excluding hydrogens is 524 g/mol. The lowest BCUT2D eigenvalue weighted by atomic mass is 10.0. The van der Waals surface area contributed by atoms with Gasteiger partial charge in [0.15, 0.2) is 0 Å². The first-order valence-corrected chi connectivity index (χ1v) is 14.4. The minimum absolute atomic E-state index is 0.498. The number of nitrogens with zero attached hydrogens (tertiary/aromatic N) is 4. The molecule has 0 bridgehead atoms. The Hall–Kier alpha value is -4.55. The van der Waals surface area contributed by atoms with Crippen LogP contribution in [0.25, 0.3) is 22.2 Å². The Morgan fingerprint density at radius 3 is 2.52 bits per heavy atom. The van der Waals surface area contributed by atoms with Crippen molar-refractivity contribution in [3.63, 3.8) is 0 Å². The van der Waals surface area contributed by atoms with E-state index in [9.17, 15) is 5.26 Å². The van der Waals surface area contributed by atoms with Gasteiger partial charge in [0, 0.05) is 55.1 Å². The molecule has 1 saturated heterocycles. The van der Waals surface area contributed by atoms with E-state index >= 15 is 0 Å². The predicted octanol–water partition coefficient (Wildman–Crippen LogP) is 5.91. The second-order valence-corrected chi connectivity index (χ2v) is 10.6. The van der Waals surface area contributed by atoms with Crippen molar-refractivity contribution in [2.24, 2.45) is 0 Å². The number of hydrogen-bond acceptors (Lipinski definition) is 8. The minimum Gasteiger partial charge on any atom is -0.472 e. The molecule has 212 valence electrons. The monoisotopic (exact) mass is 558 g/mol. The molecular formula is C34H34N6O2. The van der Waals surface area contributed by atoms with Gasteiger partial charge in [-0.1, -0.05) is 24.3 Å². The highest BCUT2D eigenvalue weighted by atomic mass is 16.5. The average Bonchev–Trinajstić information content (AvgIpc) is 3.56. The van der Waals surface area contributed by atoms with E-state index in [1.807, 2.05) is 42.6 Å². The summed E-state index contributed by atoms with van der Waals surface area (Å²) in [5.74, 6) is 0. The smallest absolute Gasteiger partial charge is 0.103 e. The van der Waals surface area contributed by atoms with Crippen LogP contribution < -0.4 is 10.6 Å². The van der Waals surface area contributed by atoms with E-state index in [1.165, 1.54) is 5.56 Å². The van der Waals surface area contributed by atoms with Gasteiger partial charge in [-0.15, -0.1) is 0 Å². The molecule has 4 heterocycles. The summed E-state index contributed by atoms with van der Waals surface area (Å²) in [5, 5.41) is 17.7. The number of ether oxygens (including phenoxy) is 1. The van der Waals surface area contributed by atoms with Gasteiger partial charge < -0.3 is 19.8 Å². The third-order valence-corrected chi connectivity index (χ3v) is 7.58. The van der Waals surface area contributed by atoms with Gasteiger partial charge in [-0.05, 0) is 72.6 Å². The predicted molar refractivity (Wildman–Crippen MR) is 165 cm³/mol. The Balaban J connectivity index is 1.10. The van der Waals surface area contributed by atoms with Crippen molar-refractivity contribution in [3.05, 3.63) is 108 Å². The van der Waals surface area contributed by atoms with Crippen LogP contribution in [-0.2, 0) is 17.7 Å². The Labute approximate surface area is 246 Å². The van der Waals surface area contributed by atoms with Crippen molar-refractivity contribution in [1.82, 2.24) is 20.2 Å². The summed E-state index contributed by atoms with van der Waals surface area (Å²) in [6.45, 7) is 6.65. The van der Waals surface area contributed by atoms with E-state index in [1.54, 1.807) is 18.7 Å². The van der Waals surface area contributed by atoms with Gasteiger partial charge in [0.25, 0.3) is 0 Å². The Morgan fingerprint density at radius 2 is 1.76 bits per heavy atom. The zero-order valence-corrected chi connectivity index (χ0v) is 23.6. The van der Waals surface area contributed by atoms with Crippen LogP contribution in [0.3, 0.4) is 0 Å².